The van der Waals surface area contributed by atoms with E-state index in [-0.39, 0.29) is 30.6 Å². The van der Waals surface area contributed by atoms with E-state index in [0.29, 0.717) is 16.5 Å². The molecule has 24 heavy (non-hydrogen) atoms. The molecule has 1 atom stereocenters. The second-order valence-electron chi connectivity index (χ2n) is 5.54. The van der Waals surface area contributed by atoms with Crippen LogP contribution in [0.1, 0.15) is 30.9 Å². The lowest BCUT2D eigenvalue weighted by atomic mass is 10.0. The summed E-state index contributed by atoms with van der Waals surface area (Å²) in [6.45, 7) is 3.41. The van der Waals surface area contributed by atoms with Crippen molar-refractivity contribution in [3.05, 3.63) is 39.7 Å². The third-order valence-corrected chi connectivity index (χ3v) is 3.91. The zero-order chi connectivity index (χ0) is 17.9. The molecule has 3 N–H and O–H groups in total. The number of fused-ring (bicyclic) bond motifs is 1. The molecule has 1 amide bonds. The van der Waals surface area contributed by atoms with Gasteiger partial charge >= 0.3 is 11.6 Å². The molecule has 7 heteroatoms. The normalized spacial score (nSPS) is 12.1. The summed E-state index contributed by atoms with van der Waals surface area (Å²) < 4.78 is 5.19. The fourth-order valence-electron chi connectivity index (χ4n) is 2.52. The highest BCUT2D eigenvalue weighted by molar-refractivity contribution is 5.84. The average molecular weight is 333 g/mol. The predicted octanol–water partition coefficient (Wildman–Crippen LogP) is 1.72. The van der Waals surface area contributed by atoms with Gasteiger partial charge in [-0.1, -0.05) is 6.92 Å². The summed E-state index contributed by atoms with van der Waals surface area (Å²) in [5.74, 6) is -1.53. The maximum atomic E-state index is 12.1. The molecule has 0 aliphatic rings. The highest BCUT2D eigenvalue weighted by atomic mass is 16.4. The van der Waals surface area contributed by atoms with Crippen molar-refractivity contribution in [3.63, 3.8) is 0 Å². The zero-order valence-corrected chi connectivity index (χ0v) is 13.5. The summed E-state index contributed by atoms with van der Waals surface area (Å²) in [5.41, 5.74) is 0.761. The van der Waals surface area contributed by atoms with Gasteiger partial charge in [-0.2, -0.15) is 0 Å². The minimum Gasteiger partial charge on any atom is -0.508 e. The molecule has 2 aromatic rings. The minimum absolute atomic E-state index is 0.00328. The minimum atomic E-state index is -1.09. The van der Waals surface area contributed by atoms with Gasteiger partial charge in [0.25, 0.3) is 0 Å². The molecule has 1 heterocycles. The van der Waals surface area contributed by atoms with Crippen LogP contribution in [-0.4, -0.2) is 28.1 Å². The summed E-state index contributed by atoms with van der Waals surface area (Å²) in [4.78, 5) is 34.9. The highest BCUT2D eigenvalue weighted by Gasteiger charge is 2.18. The quantitative estimate of drug-likeness (QED) is 0.693. The van der Waals surface area contributed by atoms with Crippen molar-refractivity contribution >= 4 is 22.8 Å². The Balaban J connectivity index is 2.18. The number of benzene rings is 1. The Kier molecular flexibility index (Phi) is 5.23. The summed E-state index contributed by atoms with van der Waals surface area (Å²) in [7, 11) is 0. The third kappa shape index (κ3) is 3.73. The first-order valence-electron chi connectivity index (χ1n) is 7.61. The van der Waals surface area contributed by atoms with Crippen LogP contribution in [0.2, 0.25) is 0 Å². The third-order valence-electron chi connectivity index (χ3n) is 3.91. The molecule has 0 saturated carbocycles. The van der Waals surface area contributed by atoms with Crippen LogP contribution in [0.25, 0.3) is 11.0 Å². The van der Waals surface area contributed by atoms with Crippen LogP contribution in [0, 0.1) is 6.92 Å². The number of rotatable bonds is 6. The monoisotopic (exact) mass is 333 g/mol. The number of aliphatic carboxylic acids is 1. The number of aryl methyl sites for hydroxylation is 1. The zero-order valence-electron chi connectivity index (χ0n) is 13.5. The summed E-state index contributed by atoms with van der Waals surface area (Å²) in [5, 5.41) is 21.5. The molecule has 0 aliphatic heterocycles. The molecule has 0 spiro atoms. The number of hydrogen-bond donors (Lipinski definition) is 3. The first kappa shape index (κ1) is 17.5. The molecule has 0 saturated heterocycles. The van der Waals surface area contributed by atoms with Crippen LogP contribution in [0.4, 0.5) is 0 Å². The van der Waals surface area contributed by atoms with Gasteiger partial charge < -0.3 is 19.9 Å². The Morgan fingerprint density at radius 2 is 2.04 bits per heavy atom. The number of carbonyl (C=O) groups excluding carboxylic acids is 1. The van der Waals surface area contributed by atoms with E-state index in [2.05, 4.69) is 5.32 Å². The summed E-state index contributed by atoms with van der Waals surface area (Å²) in [6.07, 6.45) is 0.410. The van der Waals surface area contributed by atoms with Crippen LogP contribution in [0.5, 0.6) is 5.75 Å². The fraction of sp³-hybridized carbons (Fsp3) is 0.353. The van der Waals surface area contributed by atoms with Crippen LogP contribution in [-0.2, 0) is 16.0 Å². The largest absolute Gasteiger partial charge is 0.508 e. The number of phenols is 1. The van der Waals surface area contributed by atoms with Gasteiger partial charge in [-0.15, -0.1) is 0 Å². The molecule has 0 bridgehead atoms. The van der Waals surface area contributed by atoms with Gasteiger partial charge in [-0.25, -0.2) is 9.59 Å². The van der Waals surface area contributed by atoms with Gasteiger partial charge in [-0.3, -0.25) is 4.79 Å². The number of nitrogens with one attached hydrogen (secondary N) is 1. The van der Waals surface area contributed by atoms with Crippen molar-refractivity contribution in [1.82, 2.24) is 5.32 Å². The van der Waals surface area contributed by atoms with Gasteiger partial charge in [0.2, 0.25) is 5.91 Å². The lowest BCUT2D eigenvalue weighted by Gasteiger charge is -2.12. The number of carbonyl (C=O) groups is 2. The number of carboxylic acids is 1. The lowest BCUT2D eigenvalue weighted by molar-refractivity contribution is -0.141. The predicted molar refractivity (Wildman–Crippen MR) is 87.1 cm³/mol. The Morgan fingerprint density at radius 3 is 2.67 bits per heavy atom. The molecular formula is C17H19NO6. The maximum Gasteiger partial charge on any atom is 0.339 e. The van der Waals surface area contributed by atoms with Crippen LogP contribution >= 0.6 is 0 Å². The lowest BCUT2D eigenvalue weighted by Crippen LogP contribution is -2.40. The second kappa shape index (κ2) is 7.16. The molecule has 0 unspecified atom stereocenters. The average Bonchev–Trinajstić information content (AvgIpc) is 2.51. The Morgan fingerprint density at radius 1 is 1.33 bits per heavy atom. The van der Waals surface area contributed by atoms with Crippen molar-refractivity contribution in [1.29, 1.82) is 0 Å². The van der Waals surface area contributed by atoms with E-state index in [0.717, 1.165) is 0 Å². The van der Waals surface area contributed by atoms with Gasteiger partial charge in [0.05, 0.1) is 0 Å². The number of amides is 1. The van der Waals surface area contributed by atoms with Crippen molar-refractivity contribution in [3.8, 4) is 5.75 Å². The van der Waals surface area contributed by atoms with Crippen molar-refractivity contribution in [2.75, 3.05) is 0 Å². The van der Waals surface area contributed by atoms with E-state index < -0.39 is 23.5 Å². The summed E-state index contributed by atoms with van der Waals surface area (Å²) >= 11 is 0. The Bertz CT molecular complexity index is 839. The van der Waals surface area contributed by atoms with E-state index in [1.165, 1.54) is 12.1 Å². The maximum absolute atomic E-state index is 12.1. The first-order valence-corrected chi connectivity index (χ1v) is 7.61. The van der Waals surface area contributed by atoms with E-state index in [4.69, 9.17) is 9.52 Å². The Labute approximate surface area is 137 Å². The van der Waals surface area contributed by atoms with E-state index in [1.54, 1.807) is 19.9 Å². The number of aromatic hydroxyl groups is 1. The van der Waals surface area contributed by atoms with Crippen molar-refractivity contribution in [2.45, 2.75) is 39.2 Å². The molecule has 1 aromatic carbocycles. The standard InChI is InChI=1S/C17H19NO6/c1-3-13(16(21)22)18-15(20)7-6-12-9(2)11-5-4-10(19)8-14(11)24-17(12)23/h4-5,8,13,19H,3,6-7H2,1-2H3,(H,18,20)(H,21,22)/t13-/m0/s1. The van der Waals surface area contributed by atoms with Gasteiger partial charge in [-0.05, 0) is 37.5 Å². The topological polar surface area (TPSA) is 117 Å². The molecule has 7 nitrogen and oxygen atoms in total. The molecule has 1 aromatic heterocycles. The number of carboxylic acid groups (broad SMARTS) is 1. The first-order chi connectivity index (χ1) is 11.3. The molecule has 0 aliphatic carbocycles. The summed E-state index contributed by atoms with van der Waals surface area (Å²) in [6, 6.07) is 3.56. The second-order valence-corrected chi connectivity index (χ2v) is 5.54. The van der Waals surface area contributed by atoms with Gasteiger partial charge in [0.1, 0.15) is 17.4 Å². The van der Waals surface area contributed by atoms with Gasteiger partial charge in [0.15, 0.2) is 0 Å². The Hall–Kier alpha value is -2.83. The van der Waals surface area contributed by atoms with Crippen molar-refractivity contribution < 1.29 is 24.2 Å². The SMILES string of the molecule is CC[C@H](NC(=O)CCc1c(C)c2ccc(O)cc2oc1=O)C(=O)O. The smallest absolute Gasteiger partial charge is 0.339 e. The fourth-order valence-corrected chi connectivity index (χ4v) is 2.52. The molecule has 0 fully saturated rings. The molecular weight excluding hydrogens is 314 g/mol. The van der Waals surface area contributed by atoms with Crippen LogP contribution in [0.3, 0.4) is 0 Å². The highest BCUT2D eigenvalue weighted by Crippen LogP contribution is 2.23. The van der Waals surface area contributed by atoms with Gasteiger partial charge in [0, 0.05) is 23.4 Å². The van der Waals surface area contributed by atoms with E-state index in [1.807, 2.05) is 0 Å². The van der Waals surface area contributed by atoms with Crippen LogP contribution in [0.15, 0.2) is 27.4 Å². The van der Waals surface area contributed by atoms with E-state index in [9.17, 15) is 19.5 Å². The number of phenolic OH excluding ortho intramolecular Hbond substituents is 1. The van der Waals surface area contributed by atoms with Crippen LogP contribution < -0.4 is 10.9 Å². The van der Waals surface area contributed by atoms with E-state index >= 15 is 0 Å². The molecule has 0 radical (unpaired) electrons. The number of hydrogen-bond acceptors (Lipinski definition) is 5. The molecule has 2 rings (SSSR count). The van der Waals surface area contributed by atoms with Crippen molar-refractivity contribution in [2.24, 2.45) is 0 Å². The molecule has 128 valence electrons.